The fourth-order valence-corrected chi connectivity index (χ4v) is 4.21. The third-order valence-electron chi connectivity index (χ3n) is 5.42. The number of nitriles is 1. The molecule has 0 aliphatic carbocycles. The van der Waals surface area contributed by atoms with E-state index in [1.54, 1.807) is 20.8 Å². The van der Waals surface area contributed by atoms with Crippen molar-refractivity contribution in [2.45, 2.75) is 109 Å². The summed E-state index contributed by atoms with van der Waals surface area (Å²) in [6.45, 7) is 18.8. The molecule has 1 aliphatic rings. The Morgan fingerprint density at radius 1 is 1.33 bits per heavy atom. The monoisotopic (exact) mass is 398 g/mol. The number of nitrogens with one attached hydrogen (secondary N) is 1. The van der Waals surface area contributed by atoms with Gasteiger partial charge in [-0.1, -0.05) is 27.7 Å². The van der Waals surface area contributed by atoms with Crippen LogP contribution in [0.3, 0.4) is 0 Å². The van der Waals surface area contributed by atoms with Crippen molar-refractivity contribution < 1.29 is 18.7 Å². The Hall–Kier alpha value is -1.10. The van der Waals surface area contributed by atoms with Crippen LogP contribution >= 0.6 is 0 Å². The van der Waals surface area contributed by atoms with E-state index >= 15 is 0 Å². The molecule has 156 valence electrons. The molecule has 3 atom stereocenters. The standard InChI is InChI=1S/C20H38N2O4Si/c1-10-15(26-27(8,9)19(5,6)7)16-11-12-20(13-21,14-24-16)22-17(23)25-18(2,3)4/h15-16H,10-12,14H2,1-9H3,(H,22,23). The Morgan fingerprint density at radius 3 is 2.30 bits per heavy atom. The molecular weight excluding hydrogens is 360 g/mol. The molecule has 1 N–H and O–H groups in total. The molecule has 0 radical (unpaired) electrons. The lowest BCUT2D eigenvalue weighted by molar-refractivity contribution is -0.0806. The molecule has 1 rings (SSSR count). The van der Waals surface area contributed by atoms with Gasteiger partial charge in [0.15, 0.2) is 13.9 Å². The van der Waals surface area contributed by atoms with Crippen molar-refractivity contribution >= 4 is 14.4 Å². The van der Waals surface area contributed by atoms with E-state index in [9.17, 15) is 10.1 Å². The average molecular weight is 399 g/mol. The maximum absolute atomic E-state index is 12.1. The number of ether oxygens (including phenoxy) is 2. The van der Waals surface area contributed by atoms with Crippen LogP contribution in [0.5, 0.6) is 0 Å². The topological polar surface area (TPSA) is 80.6 Å². The van der Waals surface area contributed by atoms with Gasteiger partial charge in [0.2, 0.25) is 0 Å². The highest BCUT2D eigenvalue weighted by atomic mass is 28.4. The summed E-state index contributed by atoms with van der Waals surface area (Å²) >= 11 is 0. The summed E-state index contributed by atoms with van der Waals surface area (Å²) < 4.78 is 17.9. The van der Waals surface area contributed by atoms with E-state index in [1.807, 2.05) is 0 Å². The normalized spacial score (nSPS) is 25.4. The lowest BCUT2D eigenvalue weighted by Gasteiger charge is -2.43. The van der Waals surface area contributed by atoms with Crippen molar-refractivity contribution in [1.29, 1.82) is 5.26 Å². The molecule has 3 unspecified atom stereocenters. The molecule has 27 heavy (non-hydrogen) atoms. The Labute approximate surface area is 166 Å². The van der Waals surface area contributed by atoms with E-state index in [4.69, 9.17) is 13.9 Å². The molecule has 1 amide bonds. The second kappa shape index (κ2) is 8.50. The van der Waals surface area contributed by atoms with Gasteiger partial charge in [-0.05, 0) is 58.2 Å². The summed E-state index contributed by atoms with van der Waals surface area (Å²) in [6, 6.07) is 2.22. The maximum Gasteiger partial charge on any atom is 0.408 e. The van der Waals surface area contributed by atoms with Gasteiger partial charge in [-0.3, -0.25) is 0 Å². The number of rotatable bonds is 5. The highest BCUT2D eigenvalue weighted by Gasteiger charge is 2.44. The number of alkyl carbamates (subject to hydrolysis) is 1. The van der Waals surface area contributed by atoms with Crippen molar-refractivity contribution in [2.24, 2.45) is 0 Å². The molecule has 0 aromatic carbocycles. The Balaban J connectivity index is 2.74. The first-order chi connectivity index (χ1) is 12.1. The van der Waals surface area contributed by atoms with Crippen LogP contribution in [-0.2, 0) is 13.9 Å². The first-order valence-electron chi connectivity index (χ1n) is 9.86. The molecule has 1 fully saturated rings. The van der Waals surface area contributed by atoms with Crippen molar-refractivity contribution in [2.75, 3.05) is 6.61 Å². The van der Waals surface area contributed by atoms with Crippen LogP contribution in [0.2, 0.25) is 18.1 Å². The first-order valence-corrected chi connectivity index (χ1v) is 12.8. The van der Waals surface area contributed by atoms with Gasteiger partial charge in [0.25, 0.3) is 0 Å². The molecule has 0 aromatic rings. The molecule has 6 nitrogen and oxygen atoms in total. The zero-order valence-corrected chi connectivity index (χ0v) is 19.6. The molecule has 0 saturated carbocycles. The fourth-order valence-electron chi connectivity index (χ4n) is 2.78. The van der Waals surface area contributed by atoms with E-state index in [1.165, 1.54) is 0 Å². The molecule has 1 saturated heterocycles. The van der Waals surface area contributed by atoms with Crippen LogP contribution in [0.25, 0.3) is 0 Å². The molecule has 1 heterocycles. The Bertz CT molecular complexity index is 550. The third-order valence-corrected chi connectivity index (χ3v) is 9.93. The zero-order valence-electron chi connectivity index (χ0n) is 18.6. The number of hydrogen-bond donors (Lipinski definition) is 1. The van der Waals surface area contributed by atoms with E-state index in [0.29, 0.717) is 12.8 Å². The fraction of sp³-hybridized carbons (Fsp3) is 0.900. The van der Waals surface area contributed by atoms with Gasteiger partial charge < -0.3 is 19.2 Å². The van der Waals surface area contributed by atoms with Crippen LogP contribution in [0.4, 0.5) is 4.79 Å². The minimum absolute atomic E-state index is 0.00381. The summed E-state index contributed by atoms with van der Waals surface area (Å²) in [6.07, 6.45) is 1.39. The van der Waals surface area contributed by atoms with Gasteiger partial charge >= 0.3 is 6.09 Å². The second-order valence-electron chi connectivity index (χ2n) is 10.0. The predicted molar refractivity (Wildman–Crippen MR) is 109 cm³/mol. The van der Waals surface area contributed by atoms with Crippen molar-refractivity contribution in [3.8, 4) is 6.07 Å². The van der Waals surface area contributed by atoms with Gasteiger partial charge in [0.1, 0.15) is 5.60 Å². The number of amides is 1. The van der Waals surface area contributed by atoms with Crippen molar-refractivity contribution in [3.63, 3.8) is 0 Å². The molecule has 7 heteroatoms. The van der Waals surface area contributed by atoms with Gasteiger partial charge in [-0.25, -0.2) is 4.79 Å². The summed E-state index contributed by atoms with van der Waals surface area (Å²) in [5, 5.41) is 12.5. The summed E-state index contributed by atoms with van der Waals surface area (Å²) in [4.78, 5) is 12.1. The molecular formula is C20H38N2O4Si. The first kappa shape index (κ1) is 23.9. The van der Waals surface area contributed by atoms with E-state index < -0.39 is 25.6 Å². The smallest absolute Gasteiger partial charge is 0.408 e. The molecule has 0 spiro atoms. The van der Waals surface area contributed by atoms with Gasteiger partial charge in [-0.15, -0.1) is 0 Å². The van der Waals surface area contributed by atoms with Crippen LogP contribution in [-0.4, -0.2) is 44.4 Å². The summed E-state index contributed by atoms with van der Waals surface area (Å²) in [5.41, 5.74) is -1.66. The quantitative estimate of drug-likeness (QED) is 0.676. The second-order valence-corrected chi connectivity index (χ2v) is 14.8. The molecule has 0 aromatic heterocycles. The molecule has 0 bridgehead atoms. The zero-order chi connectivity index (χ0) is 21.1. The van der Waals surface area contributed by atoms with Crippen molar-refractivity contribution in [1.82, 2.24) is 5.32 Å². The lowest BCUT2D eigenvalue weighted by Crippen LogP contribution is -2.57. The van der Waals surface area contributed by atoms with Gasteiger partial charge in [-0.2, -0.15) is 5.26 Å². The van der Waals surface area contributed by atoms with Crippen LogP contribution in [0.15, 0.2) is 0 Å². The van der Waals surface area contributed by atoms with Crippen molar-refractivity contribution in [3.05, 3.63) is 0 Å². The van der Waals surface area contributed by atoms with Gasteiger partial charge in [0, 0.05) is 0 Å². The highest BCUT2D eigenvalue weighted by molar-refractivity contribution is 6.74. The average Bonchev–Trinajstić information content (AvgIpc) is 2.50. The maximum atomic E-state index is 12.1. The van der Waals surface area contributed by atoms with E-state index in [0.717, 1.165) is 6.42 Å². The Morgan fingerprint density at radius 2 is 1.93 bits per heavy atom. The van der Waals surface area contributed by atoms with Gasteiger partial charge in [0.05, 0.1) is 24.9 Å². The van der Waals surface area contributed by atoms with Crippen LogP contribution in [0, 0.1) is 11.3 Å². The number of hydrogen-bond acceptors (Lipinski definition) is 5. The number of carbonyl (C=O) groups excluding carboxylic acids is 1. The minimum atomic E-state index is -1.90. The SMILES string of the molecule is CCC(O[Si](C)(C)C(C)(C)C)C1CCC(C#N)(NC(=O)OC(C)(C)C)CO1. The van der Waals surface area contributed by atoms with E-state index in [2.05, 4.69) is 52.2 Å². The number of carbonyl (C=O) groups is 1. The minimum Gasteiger partial charge on any atom is -0.444 e. The largest absolute Gasteiger partial charge is 0.444 e. The lowest BCUT2D eigenvalue weighted by atomic mass is 9.89. The summed E-state index contributed by atoms with van der Waals surface area (Å²) in [5.74, 6) is 0. The molecule has 1 aliphatic heterocycles. The third kappa shape index (κ3) is 6.77. The highest BCUT2D eigenvalue weighted by Crippen LogP contribution is 2.39. The predicted octanol–water partition coefficient (Wildman–Crippen LogP) is 4.75. The van der Waals surface area contributed by atoms with Crippen LogP contribution < -0.4 is 5.32 Å². The van der Waals surface area contributed by atoms with E-state index in [-0.39, 0.29) is 23.9 Å². The Kier molecular flexibility index (Phi) is 7.54. The number of nitrogens with zero attached hydrogens (tertiary/aromatic N) is 1. The van der Waals surface area contributed by atoms with Crippen LogP contribution in [0.1, 0.15) is 67.7 Å². The summed E-state index contributed by atoms with van der Waals surface area (Å²) in [7, 11) is -1.90.